The van der Waals surface area contributed by atoms with Crippen LogP contribution in [-0.2, 0) is 16.0 Å². The van der Waals surface area contributed by atoms with Crippen molar-refractivity contribution in [1.29, 1.82) is 0 Å². The van der Waals surface area contributed by atoms with Crippen LogP contribution in [0.25, 0.3) is 0 Å². The Labute approximate surface area is 148 Å². The average molecular weight is 371 g/mol. The molecule has 2 saturated heterocycles. The van der Waals surface area contributed by atoms with E-state index in [1.54, 1.807) is 11.0 Å². The fourth-order valence-electron chi connectivity index (χ4n) is 3.05. The molecule has 0 saturated carbocycles. The van der Waals surface area contributed by atoms with Crippen molar-refractivity contribution in [2.24, 2.45) is 0 Å². The summed E-state index contributed by atoms with van der Waals surface area (Å²) in [5.74, 6) is -0.651. The van der Waals surface area contributed by atoms with Gasteiger partial charge in [-0.2, -0.15) is 0 Å². The first kappa shape index (κ1) is 17.2. The molecule has 128 valence electrons. The lowest BCUT2D eigenvalue weighted by Gasteiger charge is -2.35. The number of amides is 3. The minimum atomic E-state index is -0.490. The Bertz CT molecular complexity index is 656. The number of thioether (sulfide) groups is 1. The van der Waals surface area contributed by atoms with Gasteiger partial charge < -0.3 is 4.90 Å². The molecular weight excluding hydrogens is 355 g/mol. The molecule has 2 fully saturated rings. The lowest BCUT2D eigenvalue weighted by molar-refractivity contribution is -0.132. The van der Waals surface area contributed by atoms with E-state index in [0.717, 1.165) is 11.8 Å². The molecule has 0 unspecified atom stereocenters. The van der Waals surface area contributed by atoms with Gasteiger partial charge in [0.25, 0.3) is 5.24 Å². The van der Waals surface area contributed by atoms with Crippen LogP contribution in [0, 0.1) is 5.82 Å². The lowest BCUT2D eigenvalue weighted by atomic mass is 10.0. The highest BCUT2D eigenvalue weighted by atomic mass is 35.5. The molecule has 1 aromatic carbocycles. The largest absolute Gasteiger partial charge is 0.342 e. The number of carbonyl (C=O) groups excluding carboxylic acids is 3. The molecule has 1 aromatic rings. The molecule has 0 atom stereocenters. The van der Waals surface area contributed by atoms with E-state index in [1.165, 1.54) is 17.0 Å². The van der Waals surface area contributed by atoms with Gasteiger partial charge in [0.1, 0.15) is 5.82 Å². The van der Waals surface area contributed by atoms with E-state index < -0.39 is 5.82 Å². The highest BCUT2D eigenvalue weighted by Crippen LogP contribution is 2.27. The molecule has 0 spiro atoms. The summed E-state index contributed by atoms with van der Waals surface area (Å²) in [6.07, 6.45) is 1.01. The predicted octanol–water partition coefficient (Wildman–Crippen LogP) is 2.71. The van der Waals surface area contributed by atoms with Gasteiger partial charge in [0.15, 0.2) is 0 Å². The number of imide groups is 1. The molecule has 0 N–H and O–H groups in total. The summed E-state index contributed by atoms with van der Waals surface area (Å²) in [4.78, 5) is 38.8. The van der Waals surface area contributed by atoms with Crippen molar-refractivity contribution in [1.82, 2.24) is 9.80 Å². The molecule has 0 bridgehead atoms. The van der Waals surface area contributed by atoms with E-state index >= 15 is 0 Å². The van der Waals surface area contributed by atoms with E-state index in [1.807, 2.05) is 0 Å². The van der Waals surface area contributed by atoms with Crippen LogP contribution in [0.5, 0.6) is 0 Å². The minimum absolute atomic E-state index is 0.0897. The van der Waals surface area contributed by atoms with Gasteiger partial charge in [-0.15, -0.1) is 0 Å². The lowest BCUT2D eigenvalue weighted by Crippen LogP contribution is -2.48. The predicted molar refractivity (Wildman–Crippen MR) is 89.4 cm³/mol. The normalized spacial score (nSPS) is 19.2. The maximum Gasteiger partial charge on any atom is 0.289 e. The Morgan fingerprint density at radius 3 is 2.58 bits per heavy atom. The topological polar surface area (TPSA) is 57.7 Å². The fraction of sp³-hybridized carbons (Fsp3) is 0.438. The van der Waals surface area contributed by atoms with Crippen LogP contribution in [0.4, 0.5) is 9.18 Å². The van der Waals surface area contributed by atoms with Gasteiger partial charge in [0.2, 0.25) is 11.8 Å². The number of benzene rings is 1. The minimum Gasteiger partial charge on any atom is -0.342 e. The van der Waals surface area contributed by atoms with Gasteiger partial charge in [-0.25, -0.2) is 4.39 Å². The first-order chi connectivity index (χ1) is 11.5. The molecule has 3 amide bonds. The molecule has 0 radical (unpaired) electrons. The zero-order chi connectivity index (χ0) is 17.3. The van der Waals surface area contributed by atoms with Crippen molar-refractivity contribution in [2.45, 2.75) is 25.3 Å². The van der Waals surface area contributed by atoms with E-state index in [2.05, 4.69) is 0 Å². The molecule has 2 aliphatic heterocycles. The van der Waals surface area contributed by atoms with Crippen LogP contribution < -0.4 is 0 Å². The van der Waals surface area contributed by atoms with Crippen LogP contribution in [0.2, 0.25) is 5.02 Å². The summed E-state index contributed by atoms with van der Waals surface area (Å²) in [5, 5.41) is 0.0337. The number of nitrogens with zero attached hydrogens (tertiary/aromatic N) is 2. The molecule has 24 heavy (non-hydrogen) atoms. The van der Waals surface area contributed by atoms with Crippen molar-refractivity contribution < 1.29 is 18.8 Å². The smallest absolute Gasteiger partial charge is 0.289 e. The molecule has 0 aliphatic carbocycles. The summed E-state index contributed by atoms with van der Waals surface area (Å²) in [5.41, 5.74) is 0.201. The van der Waals surface area contributed by atoms with Gasteiger partial charge >= 0.3 is 0 Å². The monoisotopic (exact) mass is 370 g/mol. The van der Waals surface area contributed by atoms with Crippen molar-refractivity contribution in [3.05, 3.63) is 34.6 Å². The third-order valence-corrected chi connectivity index (χ3v) is 5.55. The summed E-state index contributed by atoms with van der Waals surface area (Å²) in [7, 11) is 0. The van der Waals surface area contributed by atoms with Gasteiger partial charge in [0.05, 0.1) is 12.2 Å². The molecule has 2 heterocycles. The molecule has 3 rings (SSSR count). The Morgan fingerprint density at radius 1 is 1.29 bits per heavy atom. The summed E-state index contributed by atoms with van der Waals surface area (Å²) in [6, 6.07) is 4.19. The Kier molecular flexibility index (Phi) is 5.10. The quantitative estimate of drug-likeness (QED) is 0.820. The number of piperidine rings is 1. The van der Waals surface area contributed by atoms with Gasteiger partial charge in [-0.3, -0.25) is 19.3 Å². The maximum atomic E-state index is 13.8. The highest BCUT2D eigenvalue weighted by Gasteiger charge is 2.37. The van der Waals surface area contributed by atoms with Crippen molar-refractivity contribution in [2.75, 3.05) is 18.8 Å². The number of hydrogen-bond acceptors (Lipinski definition) is 4. The maximum absolute atomic E-state index is 13.8. The second kappa shape index (κ2) is 7.11. The first-order valence-corrected chi connectivity index (χ1v) is 9.03. The van der Waals surface area contributed by atoms with Crippen molar-refractivity contribution in [3.8, 4) is 0 Å². The molecule has 0 aromatic heterocycles. The van der Waals surface area contributed by atoms with Crippen molar-refractivity contribution >= 4 is 40.4 Å². The molecule has 5 nitrogen and oxygen atoms in total. The standard InChI is InChI=1S/C16H16ClFN2O3S/c17-12-2-1-3-13(18)11(12)8-14(21)19-6-4-10(5-7-19)20-15(22)9-24-16(20)23/h1-3,10H,4-9H2. The second-order valence-corrected chi connectivity index (χ2v) is 7.14. The third kappa shape index (κ3) is 3.42. The van der Waals surface area contributed by atoms with E-state index in [-0.39, 0.29) is 45.9 Å². The Hall–Kier alpha value is -1.60. The first-order valence-electron chi connectivity index (χ1n) is 7.67. The average Bonchev–Trinajstić information content (AvgIpc) is 2.90. The third-order valence-electron chi connectivity index (χ3n) is 4.36. The van der Waals surface area contributed by atoms with Gasteiger partial charge in [0, 0.05) is 29.7 Å². The summed E-state index contributed by atoms with van der Waals surface area (Å²) in [6.45, 7) is 0.884. The SMILES string of the molecule is O=C(Cc1c(F)cccc1Cl)N1CCC(N2C(=O)CSC2=O)CC1. The summed E-state index contributed by atoms with van der Waals surface area (Å²) < 4.78 is 13.8. The number of halogens is 2. The number of rotatable bonds is 3. The molecule has 8 heteroatoms. The molecular formula is C16H16ClFN2O3S. The number of carbonyl (C=O) groups is 3. The van der Waals surface area contributed by atoms with Crippen molar-refractivity contribution in [3.63, 3.8) is 0 Å². The van der Waals surface area contributed by atoms with E-state index in [9.17, 15) is 18.8 Å². The van der Waals surface area contributed by atoms with E-state index in [0.29, 0.717) is 25.9 Å². The van der Waals surface area contributed by atoms with Gasteiger partial charge in [-0.05, 0) is 25.0 Å². The van der Waals surface area contributed by atoms with Gasteiger partial charge in [-0.1, -0.05) is 29.4 Å². The molecule has 2 aliphatic rings. The fourth-order valence-corrected chi connectivity index (χ4v) is 4.06. The highest BCUT2D eigenvalue weighted by molar-refractivity contribution is 8.14. The Balaban J connectivity index is 1.59. The zero-order valence-electron chi connectivity index (χ0n) is 12.8. The van der Waals surface area contributed by atoms with Crippen LogP contribution in [0.3, 0.4) is 0 Å². The van der Waals surface area contributed by atoms with Crippen LogP contribution in [0.15, 0.2) is 18.2 Å². The Morgan fingerprint density at radius 2 is 2.00 bits per heavy atom. The number of hydrogen-bond donors (Lipinski definition) is 0. The second-order valence-electron chi connectivity index (χ2n) is 5.81. The zero-order valence-corrected chi connectivity index (χ0v) is 14.4. The van der Waals surface area contributed by atoms with Crippen LogP contribution in [0.1, 0.15) is 18.4 Å². The van der Waals surface area contributed by atoms with E-state index in [4.69, 9.17) is 11.6 Å². The van der Waals surface area contributed by atoms with Crippen LogP contribution >= 0.6 is 23.4 Å². The van der Waals surface area contributed by atoms with Crippen LogP contribution in [-0.4, -0.2) is 51.7 Å². The summed E-state index contributed by atoms with van der Waals surface area (Å²) >= 11 is 6.98. The number of likely N-dealkylation sites (tertiary alicyclic amines) is 1.